The van der Waals surface area contributed by atoms with Gasteiger partial charge in [0.15, 0.2) is 5.17 Å². The minimum Gasteiger partial charge on any atom is -0.362 e. The molecule has 3 rings (SSSR count). The molecule has 1 aliphatic heterocycles. The highest BCUT2D eigenvalue weighted by molar-refractivity contribution is 8.14. The number of rotatable bonds is 2. The number of nitrogens with one attached hydrogen (secondary N) is 1. The summed E-state index contributed by atoms with van der Waals surface area (Å²) in [6, 6.07) is 11.6. The first kappa shape index (κ1) is 9.28. The molecule has 0 spiro atoms. The zero-order valence-electron chi connectivity index (χ0n) is 8.52. The monoisotopic (exact) mass is 218 g/mol. The van der Waals surface area contributed by atoms with Gasteiger partial charge in [0.2, 0.25) is 0 Å². The SMILES string of the molecule is c1ccc(C2CSC(NC3CC3)=N2)cc1. The molecule has 1 atom stereocenters. The second kappa shape index (κ2) is 3.89. The Balaban J connectivity index is 1.71. The Kier molecular flexibility index (Phi) is 2.41. The van der Waals surface area contributed by atoms with Crippen LogP contribution < -0.4 is 5.32 Å². The smallest absolute Gasteiger partial charge is 0.157 e. The van der Waals surface area contributed by atoms with Crippen LogP contribution in [0.1, 0.15) is 24.4 Å². The van der Waals surface area contributed by atoms with E-state index < -0.39 is 0 Å². The summed E-state index contributed by atoms with van der Waals surface area (Å²) < 4.78 is 0. The molecule has 2 nitrogen and oxygen atoms in total. The minimum absolute atomic E-state index is 0.359. The van der Waals surface area contributed by atoms with Gasteiger partial charge in [0.05, 0.1) is 6.04 Å². The number of hydrogen-bond donors (Lipinski definition) is 1. The summed E-state index contributed by atoms with van der Waals surface area (Å²) in [6.45, 7) is 0. The van der Waals surface area contributed by atoms with Gasteiger partial charge < -0.3 is 5.32 Å². The molecule has 0 bridgehead atoms. The molecule has 1 saturated carbocycles. The molecule has 1 aromatic carbocycles. The molecule has 1 aromatic rings. The lowest BCUT2D eigenvalue weighted by Crippen LogP contribution is -2.20. The van der Waals surface area contributed by atoms with Crippen molar-refractivity contribution in [2.45, 2.75) is 24.9 Å². The van der Waals surface area contributed by atoms with Gasteiger partial charge in [-0.2, -0.15) is 0 Å². The Hall–Kier alpha value is -0.960. The van der Waals surface area contributed by atoms with Crippen LogP contribution in [0.25, 0.3) is 0 Å². The number of amidine groups is 1. The van der Waals surface area contributed by atoms with Crippen LogP contribution in [0.4, 0.5) is 0 Å². The van der Waals surface area contributed by atoms with E-state index in [2.05, 4.69) is 35.6 Å². The second-order valence-corrected chi connectivity index (χ2v) is 5.10. The summed E-state index contributed by atoms with van der Waals surface area (Å²) in [7, 11) is 0. The van der Waals surface area contributed by atoms with Gasteiger partial charge in [0.25, 0.3) is 0 Å². The predicted molar refractivity (Wildman–Crippen MR) is 65.2 cm³/mol. The normalized spacial score (nSPS) is 25.1. The maximum absolute atomic E-state index is 4.71. The second-order valence-electron chi connectivity index (χ2n) is 4.09. The van der Waals surface area contributed by atoms with Gasteiger partial charge in [-0.05, 0) is 18.4 Å². The largest absolute Gasteiger partial charge is 0.362 e. The third-order valence-electron chi connectivity index (χ3n) is 2.74. The van der Waals surface area contributed by atoms with E-state index in [0.29, 0.717) is 12.1 Å². The van der Waals surface area contributed by atoms with Crippen molar-refractivity contribution in [2.24, 2.45) is 4.99 Å². The van der Waals surface area contributed by atoms with Crippen LogP contribution in [0, 0.1) is 0 Å². The number of thioether (sulfide) groups is 1. The first-order chi connectivity index (χ1) is 7.42. The molecule has 15 heavy (non-hydrogen) atoms. The molecule has 0 radical (unpaired) electrons. The highest BCUT2D eigenvalue weighted by Crippen LogP contribution is 2.31. The van der Waals surface area contributed by atoms with Crippen molar-refractivity contribution < 1.29 is 0 Å². The topological polar surface area (TPSA) is 24.4 Å². The molecule has 0 saturated heterocycles. The van der Waals surface area contributed by atoms with Gasteiger partial charge in [-0.1, -0.05) is 42.1 Å². The highest BCUT2D eigenvalue weighted by Gasteiger charge is 2.26. The van der Waals surface area contributed by atoms with Crippen LogP contribution in [0.2, 0.25) is 0 Å². The summed E-state index contributed by atoms with van der Waals surface area (Å²) >= 11 is 1.85. The molecular formula is C12H14N2S. The van der Waals surface area contributed by atoms with E-state index in [1.165, 1.54) is 18.4 Å². The Bertz CT molecular complexity index is 370. The van der Waals surface area contributed by atoms with Crippen LogP contribution in [0.3, 0.4) is 0 Å². The lowest BCUT2D eigenvalue weighted by molar-refractivity contribution is 0.831. The lowest BCUT2D eigenvalue weighted by Gasteiger charge is -2.04. The number of nitrogens with zero attached hydrogens (tertiary/aromatic N) is 1. The van der Waals surface area contributed by atoms with E-state index in [4.69, 9.17) is 4.99 Å². The first-order valence-electron chi connectivity index (χ1n) is 5.44. The van der Waals surface area contributed by atoms with Gasteiger partial charge in [0.1, 0.15) is 0 Å². The average Bonchev–Trinajstić information content (AvgIpc) is 2.96. The maximum Gasteiger partial charge on any atom is 0.157 e. The molecule has 0 aromatic heterocycles. The molecule has 1 heterocycles. The van der Waals surface area contributed by atoms with E-state index in [0.717, 1.165) is 10.9 Å². The number of aliphatic imine (C=N–C) groups is 1. The summed E-state index contributed by atoms with van der Waals surface area (Å²) in [6.07, 6.45) is 2.63. The molecule has 78 valence electrons. The van der Waals surface area contributed by atoms with Crippen LogP contribution in [-0.2, 0) is 0 Å². The van der Waals surface area contributed by atoms with Crippen molar-refractivity contribution in [2.75, 3.05) is 5.75 Å². The standard InChI is InChI=1S/C12H14N2S/c1-2-4-9(5-3-1)11-8-15-12(14-11)13-10-6-7-10/h1-5,10-11H,6-8H2,(H,13,14). The summed E-state index contributed by atoms with van der Waals surface area (Å²) in [5.74, 6) is 1.08. The molecule has 3 heteroatoms. The van der Waals surface area contributed by atoms with Crippen molar-refractivity contribution in [3.05, 3.63) is 35.9 Å². The fourth-order valence-electron chi connectivity index (χ4n) is 1.70. The fourth-order valence-corrected chi connectivity index (χ4v) is 2.74. The van der Waals surface area contributed by atoms with Gasteiger partial charge in [-0.25, -0.2) is 0 Å². The summed E-state index contributed by atoms with van der Waals surface area (Å²) in [5.41, 5.74) is 1.33. The molecule has 1 fully saturated rings. The third kappa shape index (κ3) is 2.17. The van der Waals surface area contributed by atoms with E-state index >= 15 is 0 Å². The Labute approximate surface area is 94.2 Å². The van der Waals surface area contributed by atoms with Crippen LogP contribution in [0.15, 0.2) is 35.3 Å². The van der Waals surface area contributed by atoms with Crippen LogP contribution in [0.5, 0.6) is 0 Å². The quantitative estimate of drug-likeness (QED) is 0.825. The Morgan fingerprint density at radius 3 is 2.73 bits per heavy atom. The first-order valence-corrected chi connectivity index (χ1v) is 6.42. The minimum atomic E-state index is 0.359. The Morgan fingerprint density at radius 2 is 2.00 bits per heavy atom. The van der Waals surface area contributed by atoms with Crippen LogP contribution in [-0.4, -0.2) is 17.0 Å². The van der Waals surface area contributed by atoms with Crippen molar-refractivity contribution >= 4 is 16.9 Å². The zero-order valence-corrected chi connectivity index (χ0v) is 9.33. The number of hydrogen-bond acceptors (Lipinski definition) is 3. The third-order valence-corrected chi connectivity index (χ3v) is 3.72. The lowest BCUT2D eigenvalue weighted by atomic mass is 10.1. The molecule has 1 unspecified atom stereocenters. The predicted octanol–water partition coefficient (Wildman–Crippen LogP) is 2.58. The maximum atomic E-state index is 4.71. The van der Waals surface area contributed by atoms with Gasteiger partial charge >= 0.3 is 0 Å². The average molecular weight is 218 g/mol. The molecule has 1 N–H and O–H groups in total. The van der Waals surface area contributed by atoms with E-state index in [1.807, 2.05) is 11.8 Å². The number of benzene rings is 1. The van der Waals surface area contributed by atoms with Crippen molar-refractivity contribution in [1.29, 1.82) is 0 Å². The zero-order chi connectivity index (χ0) is 10.1. The molecule has 0 amide bonds. The van der Waals surface area contributed by atoms with Gasteiger partial charge in [-0.3, -0.25) is 4.99 Å². The van der Waals surface area contributed by atoms with Crippen molar-refractivity contribution in [1.82, 2.24) is 5.32 Å². The van der Waals surface area contributed by atoms with Crippen molar-refractivity contribution in [3.63, 3.8) is 0 Å². The fraction of sp³-hybridized carbons (Fsp3) is 0.417. The summed E-state index contributed by atoms with van der Waals surface area (Å²) in [5, 5.41) is 4.61. The molecule has 1 aliphatic carbocycles. The molecule has 2 aliphatic rings. The van der Waals surface area contributed by atoms with Crippen LogP contribution >= 0.6 is 11.8 Å². The van der Waals surface area contributed by atoms with Gasteiger partial charge in [-0.15, -0.1) is 0 Å². The van der Waals surface area contributed by atoms with E-state index in [-0.39, 0.29) is 0 Å². The van der Waals surface area contributed by atoms with E-state index in [1.54, 1.807) is 0 Å². The summed E-state index contributed by atoms with van der Waals surface area (Å²) in [4.78, 5) is 4.71. The molecular weight excluding hydrogens is 204 g/mol. The van der Waals surface area contributed by atoms with Crippen molar-refractivity contribution in [3.8, 4) is 0 Å². The Morgan fingerprint density at radius 1 is 1.20 bits per heavy atom. The van der Waals surface area contributed by atoms with E-state index in [9.17, 15) is 0 Å². The van der Waals surface area contributed by atoms with Gasteiger partial charge in [0, 0.05) is 11.8 Å². The highest BCUT2D eigenvalue weighted by atomic mass is 32.2.